The van der Waals surface area contributed by atoms with E-state index in [1.54, 1.807) is 0 Å². The Morgan fingerprint density at radius 1 is 1.14 bits per heavy atom. The van der Waals surface area contributed by atoms with Gasteiger partial charge >= 0.3 is 0 Å². The van der Waals surface area contributed by atoms with Crippen LogP contribution in [0, 0.1) is 5.92 Å². The lowest BCUT2D eigenvalue weighted by Crippen LogP contribution is -2.43. The molecule has 1 atom stereocenters. The highest BCUT2D eigenvalue weighted by molar-refractivity contribution is 5.95. The zero-order valence-electron chi connectivity index (χ0n) is 13.3. The summed E-state index contributed by atoms with van der Waals surface area (Å²) < 4.78 is 0. The maximum Gasteiger partial charge on any atom is 0.241 e. The van der Waals surface area contributed by atoms with Crippen LogP contribution in [0.3, 0.4) is 0 Å². The summed E-state index contributed by atoms with van der Waals surface area (Å²) in [6.45, 7) is 4.92. The molecule has 0 saturated carbocycles. The molecule has 5 nitrogen and oxygen atoms in total. The lowest BCUT2D eigenvalue weighted by atomic mass is 10.0. The van der Waals surface area contributed by atoms with Gasteiger partial charge in [0.15, 0.2) is 0 Å². The molecule has 120 valence electrons. The van der Waals surface area contributed by atoms with Crippen molar-refractivity contribution in [2.75, 3.05) is 17.2 Å². The lowest BCUT2D eigenvalue weighted by Gasteiger charge is -2.22. The zero-order valence-corrected chi connectivity index (χ0v) is 13.3. The van der Waals surface area contributed by atoms with Gasteiger partial charge in [0.1, 0.15) is 0 Å². The Labute approximate surface area is 131 Å². The van der Waals surface area contributed by atoms with Gasteiger partial charge in [0.2, 0.25) is 11.8 Å². The SMILES string of the molecule is CC(C)CC(=O)Nc1ccc(NC(=O)[C@H]2CCCCN2)cc1. The topological polar surface area (TPSA) is 70.2 Å². The third-order valence-corrected chi connectivity index (χ3v) is 3.66. The molecule has 2 amide bonds. The van der Waals surface area contributed by atoms with Crippen LogP contribution < -0.4 is 16.0 Å². The van der Waals surface area contributed by atoms with Crippen molar-refractivity contribution in [2.45, 2.75) is 45.6 Å². The molecule has 0 bridgehead atoms. The number of piperidine rings is 1. The fourth-order valence-electron chi connectivity index (χ4n) is 2.52. The molecule has 1 aromatic carbocycles. The maximum atomic E-state index is 12.1. The molecule has 1 aromatic rings. The van der Waals surface area contributed by atoms with E-state index >= 15 is 0 Å². The Morgan fingerprint density at radius 3 is 2.32 bits per heavy atom. The standard InChI is InChI=1S/C17H25N3O2/c1-12(2)11-16(21)19-13-6-8-14(9-7-13)20-17(22)15-5-3-4-10-18-15/h6-9,12,15,18H,3-5,10-11H2,1-2H3,(H,19,21)(H,20,22)/t15-/m1/s1. The monoisotopic (exact) mass is 303 g/mol. The van der Waals surface area contributed by atoms with Crippen LogP contribution >= 0.6 is 0 Å². The molecule has 0 radical (unpaired) electrons. The smallest absolute Gasteiger partial charge is 0.241 e. The molecule has 22 heavy (non-hydrogen) atoms. The summed E-state index contributed by atoms with van der Waals surface area (Å²) in [6.07, 6.45) is 3.61. The highest BCUT2D eigenvalue weighted by atomic mass is 16.2. The molecule has 0 aliphatic carbocycles. The number of benzene rings is 1. The Hall–Kier alpha value is -1.88. The minimum Gasteiger partial charge on any atom is -0.326 e. The van der Waals surface area contributed by atoms with Crippen molar-refractivity contribution in [1.82, 2.24) is 5.32 Å². The fraction of sp³-hybridized carbons (Fsp3) is 0.529. The third kappa shape index (κ3) is 5.15. The summed E-state index contributed by atoms with van der Waals surface area (Å²) in [5, 5.41) is 8.99. The number of carbonyl (C=O) groups is 2. The van der Waals surface area contributed by atoms with Crippen molar-refractivity contribution in [3.63, 3.8) is 0 Å². The average Bonchev–Trinajstić information content (AvgIpc) is 2.49. The van der Waals surface area contributed by atoms with Gasteiger partial charge in [0.25, 0.3) is 0 Å². The van der Waals surface area contributed by atoms with Crippen molar-refractivity contribution in [3.05, 3.63) is 24.3 Å². The predicted molar refractivity (Wildman–Crippen MR) is 88.8 cm³/mol. The number of anilines is 2. The maximum absolute atomic E-state index is 12.1. The van der Waals surface area contributed by atoms with Crippen LogP contribution in [-0.4, -0.2) is 24.4 Å². The number of rotatable bonds is 5. The van der Waals surface area contributed by atoms with Crippen LogP contribution in [0.25, 0.3) is 0 Å². The predicted octanol–water partition coefficient (Wildman–Crippen LogP) is 2.75. The van der Waals surface area contributed by atoms with Gasteiger partial charge < -0.3 is 16.0 Å². The molecular weight excluding hydrogens is 278 g/mol. The molecule has 1 aliphatic heterocycles. The summed E-state index contributed by atoms with van der Waals surface area (Å²) in [5.41, 5.74) is 1.50. The van der Waals surface area contributed by atoms with E-state index in [1.165, 1.54) is 0 Å². The minimum absolute atomic E-state index is 0.0105. The van der Waals surface area contributed by atoms with Crippen LogP contribution in [0.15, 0.2) is 24.3 Å². The number of amides is 2. The second-order valence-corrected chi connectivity index (χ2v) is 6.22. The minimum atomic E-state index is -0.0980. The van der Waals surface area contributed by atoms with E-state index in [0.717, 1.165) is 37.2 Å². The van der Waals surface area contributed by atoms with Crippen molar-refractivity contribution >= 4 is 23.2 Å². The van der Waals surface area contributed by atoms with Crippen molar-refractivity contribution in [1.29, 1.82) is 0 Å². The second-order valence-electron chi connectivity index (χ2n) is 6.22. The van der Waals surface area contributed by atoms with Gasteiger partial charge in [-0.25, -0.2) is 0 Å². The first kappa shape index (κ1) is 16.5. The highest BCUT2D eigenvalue weighted by Gasteiger charge is 2.20. The molecule has 3 N–H and O–H groups in total. The molecule has 0 aromatic heterocycles. The molecule has 1 fully saturated rings. The molecule has 0 spiro atoms. The quantitative estimate of drug-likeness (QED) is 0.783. The first-order valence-electron chi connectivity index (χ1n) is 7.99. The summed E-state index contributed by atoms with van der Waals surface area (Å²) in [7, 11) is 0. The van der Waals surface area contributed by atoms with E-state index in [0.29, 0.717) is 12.3 Å². The van der Waals surface area contributed by atoms with Crippen LogP contribution in [0.2, 0.25) is 0 Å². The van der Waals surface area contributed by atoms with E-state index in [9.17, 15) is 9.59 Å². The van der Waals surface area contributed by atoms with Crippen molar-refractivity contribution in [3.8, 4) is 0 Å². The van der Waals surface area contributed by atoms with Crippen LogP contribution in [0.5, 0.6) is 0 Å². The van der Waals surface area contributed by atoms with E-state index in [-0.39, 0.29) is 17.9 Å². The van der Waals surface area contributed by atoms with Gasteiger partial charge in [0.05, 0.1) is 6.04 Å². The van der Waals surface area contributed by atoms with Gasteiger partial charge in [0, 0.05) is 17.8 Å². The number of hydrogen-bond acceptors (Lipinski definition) is 3. The summed E-state index contributed by atoms with van der Waals surface area (Å²) in [6, 6.07) is 7.14. The number of hydrogen-bond donors (Lipinski definition) is 3. The van der Waals surface area contributed by atoms with E-state index in [1.807, 2.05) is 38.1 Å². The Bertz CT molecular complexity index is 505. The van der Waals surface area contributed by atoms with Gasteiger partial charge in [-0.15, -0.1) is 0 Å². The van der Waals surface area contributed by atoms with Gasteiger partial charge in [-0.3, -0.25) is 9.59 Å². The normalized spacial score (nSPS) is 18.0. The molecule has 0 unspecified atom stereocenters. The Kier molecular flexibility index (Phi) is 5.95. The largest absolute Gasteiger partial charge is 0.326 e. The molecule has 2 rings (SSSR count). The number of nitrogens with one attached hydrogen (secondary N) is 3. The Morgan fingerprint density at radius 2 is 1.77 bits per heavy atom. The van der Waals surface area contributed by atoms with E-state index < -0.39 is 0 Å². The average molecular weight is 303 g/mol. The third-order valence-electron chi connectivity index (χ3n) is 3.66. The van der Waals surface area contributed by atoms with Crippen LogP contribution in [0.1, 0.15) is 39.5 Å². The molecule has 1 saturated heterocycles. The van der Waals surface area contributed by atoms with Crippen molar-refractivity contribution in [2.24, 2.45) is 5.92 Å². The summed E-state index contributed by atoms with van der Waals surface area (Å²) in [4.78, 5) is 23.8. The summed E-state index contributed by atoms with van der Waals surface area (Å²) in [5.74, 6) is 0.357. The van der Waals surface area contributed by atoms with E-state index in [4.69, 9.17) is 0 Å². The van der Waals surface area contributed by atoms with Crippen molar-refractivity contribution < 1.29 is 9.59 Å². The van der Waals surface area contributed by atoms with Gasteiger partial charge in [-0.05, 0) is 49.6 Å². The molecule has 5 heteroatoms. The van der Waals surface area contributed by atoms with Gasteiger partial charge in [-0.1, -0.05) is 20.3 Å². The molecule has 1 aliphatic rings. The number of carbonyl (C=O) groups excluding carboxylic acids is 2. The molecule has 1 heterocycles. The highest BCUT2D eigenvalue weighted by Crippen LogP contribution is 2.16. The first-order valence-corrected chi connectivity index (χ1v) is 7.99. The Balaban J connectivity index is 1.86. The molecular formula is C17H25N3O2. The fourth-order valence-corrected chi connectivity index (χ4v) is 2.52. The summed E-state index contributed by atoms with van der Waals surface area (Å²) >= 11 is 0. The first-order chi connectivity index (χ1) is 10.5. The zero-order chi connectivity index (χ0) is 15.9. The second kappa shape index (κ2) is 7.94. The van der Waals surface area contributed by atoms with Crippen LogP contribution in [0.4, 0.5) is 11.4 Å². The van der Waals surface area contributed by atoms with Gasteiger partial charge in [-0.2, -0.15) is 0 Å². The van der Waals surface area contributed by atoms with E-state index in [2.05, 4.69) is 16.0 Å². The van der Waals surface area contributed by atoms with Crippen LogP contribution in [-0.2, 0) is 9.59 Å². The lowest BCUT2D eigenvalue weighted by molar-refractivity contribution is -0.119.